The molecule has 28 heavy (non-hydrogen) atoms. The maximum absolute atomic E-state index is 12.7. The first-order valence-corrected chi connectivity index (χ1v) is 9.70. The molecule has 0 spiro atoms. The van der Waals surface area contributed by atoms with Crippen LogP contribution in [0.1, 0.15) is 27.4 Å². The number of benzene rings is 2. The molecule has 140 valence electrons. The van der Waals surface area contributed by atoms with Crippen LogP contribution < -0.4 is 5.32 Å². The first kappa shape index (κ1) is 18.5. The number of halogens is 1. The molecule has 2 aromatic heterocycles. The Kier molecular flexibility index (Phi) is 5.28. The maximum atomic E-state index is 12.7. The van der Waals surface area contributed by atoms with Crippen molar-refractivity contribution < 1.29 is 4.79 Å². The van der Waals surface area contributed by atoms with Crippen LogP contribution in [0.15, 0.2) is 73.1 Å². The van der Waals surface area contributed by atoms with Crippen molar-refractivity contribution in [1.29, 1.82) is 0 Å². The van der Waals surface area contributed by atoms with E-state index in [9.17, 15) is 4.79 Å². The second kappa shape index (κ2) is 8.00. The van der Waals surface area contributed by atoms with E-state index in [1.54, 1.807) is 18.3 Å². The summed E-state index contributed by atoms with van der Waals surface area (Å²) in [6, 6.07) is 19.3. The molecule has 3 N–H and O–H groups in total. The molecule has 4 nitrogen and oxygen atoms in total. The lowest BCUT2D eigenvalue weighted by Gasteiger charge is -2.19. The van der Waals surface area contributed by atoms with Crippen LogP contribution in [0.5, 0.6) is 0 Å². The summed E-state index contributed by atoms with van der Waals surface area (Å²) in [6.45, 7) is 0.397. The van der Waals surface area contributed by atoms with Crippen LogP contribution in [0, 0.1) is 4.64 Å². The van der Waals surface area contributed by atoms with Gasteiger partial charge in [-0.3, -0.25) is 4.79 Å². The first-order chi connectivity index (χ1) is 13.6. The Hall–Kier alpha value is -2.89. The molecule has 6 heteroatoms. The minimum absolute atomic E-state index is 0.102. The first-order valence-electron chi connectivity index (χ1n) is 8.91. The molecular formula is C22H18ClN3OS. The van der Waals surface area contributed by atoms with Gasteiger partial charge in [-0.25, -0.2) is 0 Å². The van der Waals surface area contributed by atoms with Gasteiger partial charge >= 0.3 is 0 Å². The molecule has 0 fully saturated rings. The fraction of sp³-hybridized carbons (Fsp3) is 0.0909. The molecular weight excluding hydrogens is 390 g/mol. The number of carbonyl (C=O) groups excluding carboxylic acids is 1. The highest BCUT2D eigenvalue weighted by Crippen LogP contribution is 2.34. The van der Waals surface area contributed by atoms with Gasteiger partial charge in [0.25, 0.3) is 5.91 Å². The molecule has 0 radical (unpaired) electrons. The van der Waals surface area contributed by atoms with E-state index in [-0.39, 0.29) is 11.8 Å². The molecule has 2 heterocycles. The summed E-state index contributed by atoms with van der Waals surface area (Å²) < 4.78 is 0.418. The van der Waals surface area contributed by atoms with Gasteiger partial charge in [0.15, 0.2) is 0 Å². The summed E-state index contributed by atoms with van der Waals surface area (Å²) in [6.07, 6.45) is 3.69. The fourth-order valence-corrected chi connectivity index (χ4v) is 3.91. The highest BCUT2D eigenvalue weighted by Gasteiger charge is 2.21. The van der Waals surface area contributed by atoms with Crippen molar-refractivity contribution in [3.8, 4) is 0 Å². The van der Waals surface area contributed by atoms with Gasteiger partial charge in [0, 0.05) is 40.8 Å². The number of aromatic amines is 2. The smallest absolute Gasteiger partial charge is 0.254 e. The van der Waals surface area contributed by atoms with Crippen LogP contribution in [0.3, 0.4) is 0 Å². The number of para-hydroxylation sites is 1. The predicted octanol–water partition coefficient (Wildman–Crippen LogP) is 5.44. The van der Waals surface area contributed by atoms with Gasteiger partial charge in [-0.2, -0.15) is 0 Å². The topological polar surface area (TPSA) is 60.7 Å². The lowest BCUT2D eigenvalue weighted by Crippen LogP contribution is -2.29. The highest BCUT2D eigenvalue weighted by atomic mass is 35.5. The zero-order valence-corrected chi connectivity index (χ0v) is 16.5. The Morgan fingerprint density at radius 3 is 2.61 bits per heavy atom. The Morgan fingerprint density at radius 1 is 1.00 bits per heavy atom. The van der Waals surface area contributed by atoms with Crippen LogP contribution in [0.25, 0.3) is 10.9 Å². The summed E-state index contributed by atoms with van der Waals surface area (Å²) in [5.74, 6) is -0.311. The number of fused-ring (bicyclic) bond motifs is 1. The number of hydrogen-bond acceptors (Lipinski definition) is 2. The van der Waals surface area contributed by atoms with Crippen LogP contribution in [0.2, 0.25) is 5.02 Å². The molecule has 0 aliphatic carbocycles. The number of pyridine rings is 1. The van der Waals surface area contributed by atoms with E-state index < -0.39 is 0 Å². The van der Waals surface area contributed by atoms with Crippen LogP contribution >= 0.6 is 23.8 Å². The van der Waals surface area contributed by atoms with Crippen molar-refractivity contribution in [3.63, 3.8) is 0 Å². The molecule has 0 saturated carbocycles. The zero-order valence-electron chi connectivity index (χ0n) is 14.9. The molecule has 4 rings (SSSR count). The normalized spacial score (nSPS) is 12.0. The Morgan fingerprint density at radius 2 is 1.79 bits per heavy atom. The molecule has 0 saturated heterocycles. The molecule has 1 atom stereocenters. The van der Waals surface area contributed by atoms with Crippen molar-refractivity contribution >= 4 is 40.6 Å². The maximum Gasteiger partial charge on any atom is 0.254 e. The molecule has 1 unspecified atom stereocenters. The van der Waals surface area contributed by atoms with Crippen molar-refractivity contribution in [2.45, 2.75) is 5.92 Å². The third kappa shape index (κ3) is 3.59. The van der Waals surface area contributed by atoms with Crippen molar-refractivity contribution in [3.05, 3.63) is 99.4 Å². The fourth-order valence-electron chi connectivity index (χ4n) is 3.42. The van der Waals surface area contributed by atoms with Crippen LogP contribution in [-0.4, -0.2) is 22.4 Å². The van der Waals surface area contributed by atoms with E-state index in [0.717, 1.165) is 22.0 Å². The summed E-state index contributed by atoms with van der Waals surface area (Å²) >= 11 is 11.7. The number of H-pyrrole nitrogens is 2. The van der Waals surface area contributed by atoms with E-state index in [1.165, 1.54) is 0 Å². The largest absolute Gasteiger partial charge is 0.361 e. The van der Waals surface area contributed by atoms with Gasteiger partial charge in [-0.15, -0.1) is 0 Å². The Balaban J connectivity index is 1.70. The van der Waals surface area contributed by atoms with Gasteiger partial charge in [-0.1, -0.05) is 60.2 Å². The van der Waals surface area contributed by atoms with Crippen LogP contribution in [0.4, 0.5) is 0 Å². The summed E-state index contributed by atoms with van der Waals surface area (Å²) in [5, 5.41) is 4.80. The van der Waals surface area contributed by atoms with E-state index in [0.29, 0.717) is 21.8 Å². The predicted molar refractivity (Wildman–Crippen MR) is 116 cm³/mol. The number of carbonyl (C=O) groups is 1. The number of aromatic nitrogens is 2. The van der Waals surface area contributed by atoms with Gasteiger partial charge in [0.2, 0.25) is 0 Å². The van der Waals surface area contributed by atoms with E-state index in [4.69, 9.17) is 23.8 Å². The van der Waals surface area contributed by atoms with E-state index in [1.807, 2.05) is 48.7 Å². The van der Waals surface area contributed by atoms with Crippen molar-refractivity contribution in [2.24, 2.45) is 0 Å². The summed E-state index contributed by atoms with van der Waals surface area (Å²) in [5.41, 5.74) is 3.55. The van der Waals surface area contributed by atoms with Gasteiger partial charge < -0.3 is 15.3 Å². The molecule has 0 aliphatic rings. The number of amides is 1. The SMILES string of the molecule is O=C(NCC(c1ccccc1Cl)c1c[nH]c2ccccc12)c1ccc[nH]c1=S. The number of rotatable bonds is 5. The molecule has 4 aromatic rings. The quantitative estimate of drug-likeness (QED) is 0.386. The Labute approximate surface area is 172 Å². The Bertz CT molecular complexity index is 1200. The monoisotopic (exact) mass is 407 g/mol. The summed E-state index contributed by atoms with van der Waals surface area (Å²) in [4.78, 5) is 18.9. The highest BCUT2D eigenvalue weighted by molar-refractivity contribution is 7.71. The third-order valence-corrected chi connectivity index (χ3v) is 5.49. The van der Waals surface area contributed by atoms with Crippen LogP contribution in [-0.2, 0) is 0 Å². The lowest BCUT2D eigenvalue weighted by molar-refractivity contribution is 0.0951. The number of nitrogens with one attached hydrogen (secondary N) is 3. The molecule has 2 aromatic carbocycles. The second-order valence-electron chi connectivity index (χ2n) is 6.49. The standard InChI is InChI=1S/C22H18ClN3OS/c23-19-9-3-1-6-14(19)17(18-12-25-20-10-4-2-7-15(18)20)13-26-21(27)16-8-5-11-24-22(16)28/h1-12,17,25H,13H2,(H,24,28)(H,26,27). The minimum Gasteiger partial charge on any atom is -0.361 e. The van der Waals surface area contributed by atoms with Gasteiger partial charge in [0.1, 0.15) is 4.64 Å². The lowest BCUT2D eigenvalue weighted by atomic mass is 9.90. The third-order valence-electron chi connectivity index (χ3n) is 4.81. The second-order valence-corrected chi connectivity index (χ2v) is 7.30. The minimum atomic E-state index is -0.209. The zero-order chi connectivity index (χ0) is 19.5. The van der Waals surface area contributed by atoms with Crippen molar-refractivity contribution in [2.75, 3.05) is 6.54 Å². The summed E-state index contributed by atoms with van der Waals surface area (Å²) in [7, 11) is 0. The van der Waals surface area contributed by atoms with Gasteiger partial charge in [0.05, 0.1) is 5.56 Å². The van der Waals surface area contributed by atoms with Crippen molar-refractivity contribution in [1.82, 2.24) is 15.3 Å². The van der Waals surface area contributed by atoms with E-state index in [2.05, 4.69) is 21.4 Å². The van der Waals surface area contributed by atoms with E-state index >= 15 is 0 Å². The molecule has 0 bridgehead atoms. The average Bonchev–Trinajstić information content (AvgIpc) is 3.14. The number of hydrogen-bond donors (Lipinski definition) is 3. The molecule has 1 amide bonds. The molecule has 0 aliphatic heterocycles. The van der Waals surface area contributed by atoms with Gasteiger partial charge in [-0.05, 0) is 35.4 Å². The average molecular weight is 408 g/mol.